The molecule has 0 amide bonds. The van der Waals surface area contributed by atoms with Gasteiger partial charge < -0.3 is 4.90 Å². The van der Waals surface area contributed by atoms with Crippen LogP contribution < -0.4 is 4.90 Å². The maximum atomic E-state index is 4.18. The number of anilines is 1. The molecule has 1 aromatic carbocycles. The number of para-hydroxylation sites is 1. The Bertz CT molecular complexity index is 613. The minimum atomic E-state index is 0.867. The fraction of sp³-hybridized carbons (Fsp3) is 0.0476. The summed E-state index contributed by atoms with van der Waals surface area (Å²) in [7, 11) is 0. The van der Waals surface area contributed by atoms with E-state index in [1.165, 1.54) is 0 Å². The van der Waals surface area contributed by atoms with Gasteiger partial charge in [-0.05, 0) is 37.3 Å². The van der Waals surface area contributed by atoms with Gasteiger partial charge in [-0.15, -0.1) is 0 Å². The van der Waals surface area contributed by atoms with E-state index in [2.05, 4.69) is 36.8 Å². The Morgan fingerprint density at radius 3 is 2.27 bits per heavy atom. The van der Waals surface area contributed by atoms with Crippen molar-refractivity contribution >= 4 is 5.69 Å². The lowest BCUT2D eigenvalue weighted by molar-refractivity contribution is 1.15. The second kappa shape index (κ2) is 10.0. The van der Waals surface area contributed by atoms with E-state index in [9.17, 15) is 0 Å². The van der Waals surface area contributed by atoms with E-state index in [1.54, 1.807) is 12.2 Å². The molecule has 0 saturated heterocycles. The number of rotatable bonds is 8. The van der Waals surface area contributed by atoms with Crippen LogP contribution in [0.1, 0.15) is 6.92 Å². The molecule has 1 heteroatoms. The second-order valence-electron chi connectivity index (χ2n) is 4.47. The summed E-state index contributed by atoms with van der Waals surface area (Å²) in [5.74, 6) is 0. The predicted octanol–water partition coefficient (Wildman–Crippen LogP) is 5.95. The average molecular weight is 289 g/mol. The largest absolute Gasteiger partial charge is 0.311 e. The highest BCUT2D eigenvalue weighted by Gasteiger charge is 2.10. The summed E-state index contributed by atoms with van der Waals surface area (Å²) in [5.41, 5.74) is 2.92. The molecule has 0 aliphatic carbocycles. The third kappa shape index (κ3) is 5.29. The van der Waals surface area contributed by atoms with E-state index >= 15 is 0 Å². The number of hydrogen-bond donors (Lipinski definition) is 0. The molecule has 0 bridgehead atoms. The lowest BCUT2D eigenvalue weighted by Gasteiger charge is -2.26. The van der Waals surface area contributed by atoms with Crippen LogP contribution in [0.4, 0.5) is 5.69 Å². The average Bonchev–Trinajstić information content (AvgIpc) is 2.53. The highest BCUT2D eigenvalue weighted by atomic mass is 15.1. The molecule has 112 valence electrons. The van der Waals surface area contributed by atoms with Crippen LogP contribution >= 0.6 is 0 Å². The van der Waals surface area contributed by atoms with Crippen molar-refractivity contribution in [1.29, 1.82) is 0 Å². The van der Waals surface area contributed by atoms with Crippen LogP contribution in [-0.4, -0.2) is 0 Å². The van der Waals surface area contributed by atoms with Crippen LogP contribution in [0.5, 0.6) is 0 Å². The van der Waals surface area contributed by atoms with E-state index in [1.807, 2.05) is 67.7 Å². The van der Waals surface area contributed by atoms with Crippen molar-refractivity contribution in [2.75, 3.05) is 4.90 Å². The molecule has 0 spiro atoms. The van der Waals surface area contributed by atoms with E-state index < -0.39 is 0 Å². The zero-order valence-corrected chi connectivity index (χ0v) is 13.2. The molecule has 0 saturated carbocycles. The van der Waals surface area contributed by atoms with Crippen LogP contribution in [-0.2, 0) is 0 Å². The van der Waals surface area contributed by atoms with Gasteiger partial charge in [-0.25, -0.2) is 0 Å². The smallest absolute Gasteiger partial charge is 0.0461 e. The van der Waals surface area contributed by atoms with Gasteiger partial charge in [0.25, 0.3) is 0 Å². The third-order valence-electron chi connectivity index (χ3n) is 2.83. The molecule has 0 heterocycles. The fourth-order valence-corrected chi connectivity index (χ4v) is 1.94. The number of allylic oxidation sites excluding steroid dienone is 9. The first-order chi connectivity index (χ1) is 10.7. The lowest BCUT2D eigenvalue weighted by Crippen LogP contribution is -2.19. The first-order valence-corrected chi connectivity index (χ1v) is 7.19. The summed E-state index contributed by atoms with van der Waals surface area (Å²) in [6.07, 6.45) is 17.2. The maximum Gasteiger partial charge on any atom is 0.0461 e. The number of nitrogens with zero attached hydrogens (tertiary/aromatic N) is 1. The SMILES string of the molecule is C=C/C=C/C=C/C(=C)N(C(/C=C\C)=C/C=C)c1ccccc1. The Labute approximate surface area is 134 Å². The molecule has 0 aromatic heterocycles. The van der Waals surface area contributed by atoms with Crippen molar-refractivity contribution in [3.8, 4) is 0 Å². The second-order valence-corrected chi connectivity index (χ2v) is 4.47. The summed E-state index contributed by atoms with van der Waals surface area (Å²) >= 11 is 0. The Kier molecular flexibility index (Phi) is 7.84. The molecule has 0 unspecified atom stereocenters. The van der Waals surface area contributed by atoms with Crippen molar-refractivity contribution in [3.05, 3.63) is 116 Å². The molecule has 0 atom stereocenters. The van der Waals surface area contributed by atoms with E-state index in [0.717, 1.165) is 17.1 Å². The Morgan fingerprint density at radius 1 is 0.955 bits per heavy atom. The van der Waals surface area contributed by atoms with Crippen LogP contribution in [0.3, 0.4) is 0 Å². The first kappa shape index (κ1) is 17.3. The van der Waals surface area contributed by atoms with Crippen molar-refractivity contribution in [2.45, 2.75) is 6.92 Å². The molecule has 0 N–H and O–H groups in total. The fourth-order valence-electron chi connectivity index (χ4n) is 1.94. The van der Waals surface area contributed by atoms with Gasteiger partial charge >= 0.3 is 0 Å². The molecule has 0 fully saturated rings. The molecule has 22 heavy (non-hydrogen) atoms. The van der Waals surface area contributed by atoms with Crippen molar-refractivity contribution in [3.63, 3.8) is 0 Å². The lowest BCUT2D eigenvalue weighted by atomic mass is 10.2. The molecule has 0 radical (unpaired) electrons. The van der Waals surface area contributed by atoms with Gasteiger partial charge in [0.1, 0.15) is 0 Å². The van der Waals surface area contributed by atoms with Gasteiger partial charge in [0.05, 0.1) is 0 Å². The Hall–Kier alpha value is -2.80. The van der Waals surface area contributed by atoms with Gasteiger partial charge in [-0.2, -0.15) is 0 Å². The zero-order valence-electron chi connectivity index (χ0n) is 13.2. The zero-order chi connectivity index (χ0) is 16.2. The molecule has 0 aliphatic heterocycles. The van der Waals surface area contributed by atoms with Crippen molar-refractivity contribution < 1.29 is 0 Å². The van der Waals surface area contributed by atoms with Gasteiger partial charge in [0.15, 0.2) is 0 Å². The topological polar surface area (TPSA) is 3.24 Å². The summed E-state index contributed by atoms with van der Waals surface area (Å²) < 4.78 is 0. The Balaban J connectivity index is 3.22. The van der Waals surface area contributed by atoms with E-state index in [-0.39, 0.29) is 0 Å². The first-order valence-electron chi connectivity index (χ1n) is 7.19. The molecule has 1 nitrogen and oxygen atoms in total. The summed E-state index contributed by atoms with van der Waals surface area (Å²) in [6.45, 7) is 13.6. The van der Waals surface area contributed by atoms with Crippen LogP contribution in [0.15, 0.2) is 116 Å². The third-order valence-corrected chi connectivity index (χ3v) is 2.83. The number of benzene rings is 1. The maximum absolute atomic E-state index is 4.18. The van der Waals surface area contributed by atoms with Crippen LogP contribution in [0, 0.1) is 0 Å². The molecule has 0 aliphatic rings. The molecular formula is C21H23N. The quantitative estimate of drug-likeness (QED) is 0.534. The summed E-state index contributed by atoms with van der Waals surface area (Å²) in [6, 6.07) is 10.1. The highest BCUT2D eigenvalue weighted by molar-refractivity contribution is 5.62. The number of hydrogen-bond acceptors (Lipinski definition) is 1. The standard InChI is InChI=1S/C21H23N/c1-5-8-9-11-16-19(4)22(20(14-6-2)15-7-3)21-17-12-10-13-18-21/h5-18H,1-2,4H2,3H3/b9-8+,15-7-,16-11+,20-14+. The highest BCUT2D eigenvalue weighted by Crippen LogP contribution is 2.25. The van der Waals surface area contributed by atoms with Gasteiger partial charge in [0.2, 0.25) is 0 Å². The van der Waals surface area contributed by atoms with Crippen LogP contribution in [0.2, 0.25) is 0 Å². The molecule has 1 rings (SSSR count). The van der Waals surface area contributed by atoms with Gasteiger partial charge in [-0.3, -0.25) is 0 Å². The Morgan fingerprint density at radius 2 is 1.68 bits per heavy atom. The normalized spacial score (nSPS) is 12.1. The minimum Gasteiger partial charge on any atom is -0.311 e. The summed E-state index contributed by atoms with van der Waals surface area (Å²) in [5, 5.41) is 0. The van der Waals surface area contributed by atoms with Gasteiger partial charge in [-0.1, -0.05) is 74.4 Å². The molecule has 1 aromatic rings. The van der Waals surface area contributed by atoms with Crippen molar-refractivity contribution in [2.24, 2.45) is 0 Å². The van der Waals surface area contributed by atoms with E-state index in [0.29, 0.717) is 0 Å². The minimum absolute atomic E-state index is 0.867. The van der Waals surface area contributed by atoms with Crippen molar-refractivity contribution in [1.82, 2.24) is 0 Å². The van der Waals surface area contributed by atoms with Gasteiger partial charge in [0, 0.05) is 17.1 Å². The van der Waals surface area contributed by atoms with E-state index in [4.69, 9.17) is 0 Å². The predicted molar refractivity (Wildman–Crippen MR) is 99.6 cm³/mol. The van der Waals surface area contributed by atoms with Crippen LogP contribution in [0.25, 0.3) is 0 Å². The monoisotopic (exact) mass is 289 g/mol. The summed E-state index contributed by atoms with van der Waals surface area (Å²) in [4.78, 5) is 2.08. The molecular weight excluding hydrogens is 266 g/mol.